The van der Waals surface area contributed by atoms with Gasteiger partial charge in [0.2, 0.25) is 0 Å². The fourth-order valence-electron chi connectivity index (χ4n) is 3.80. The quantitative estimate of drug-likeness (QED) is 0.288. The van der Waals surface area contributed by atoms with Gasteiger partial charge in [0.25, 0.3) is 0 Å². The Morgan fingerprint density at radius 2 is 0.857 bits per heavy atom. The lowest BCUT2D eigenvalue weighted by molar-refractivity contribution is 0.0388. The summed E-state index contributed by atoms with van der Waals surface area (Å²) in [5.41, 5.74) is 0.299. The molecule has 0 radical (unpaired) electrons. The second-order valence-corrected chi connectivity index (χ2v) is 7.48. The third-order valence-electron chi connectivity index (χ3n) is 5.35. The molecule has 0 spiro atoms. The Kier molecular flexibility index (Phi) is 6.50. The molecule has 172 valence electrons. The molecule has 0 fully saturated rings. The van der Waals surface area contributed by atoms with E-state index in [1.165, 1.54) is 24.3 Å². The molecule has 0 aromatic heterocycles. The van der Waals surface area contributed by atoms with Crippen LogP contribution in [0.2, 0.25) is 0 Å². The Balaban J connectivity index is 1.81. The highest BCUT2D eigenvalue weighted by Crippen LogP contribution is 2.30. The topological polar surface area (TPSA) is 118 Å². The molecule has 0 saturated heterocycles. The number of aromatic carboxylic acids is 2. The average Bonchev–Trinajstić information content (AvgIpc) is 2.88. The number of esters is 2. The average molecular weight is 466 g/mol. The fourth-order valence-corrected chi connectivity index (χ4v) is 3.80. The lowest BCUT2D eigenvalue weighted by Gasteiger charge is -2.14. The van der Waals surface area contributed by atoms with E-state index in [1.807, 2.05) is 0 Å². The molecule has 0 aliphatic carbocycles. The van der Waals surface area contributed by atoms with Crippen molar-refractivity contribution in [1.29, 1.82) is 0 Å². The van der Waals surface area contributed by atoms with Gasteiger partial charge in [-0.1, -0.05) is 84.9 Å². The Labute approximate surface area is 199 Å². The zero-order chi connectivity index (χ0) is 24.9. The lowest BCUT2D eigenvalue weighted by atomic mass is 9.94. The van der Waals surface area contributed by atoms with Crippen LogP contribution in [-0.2, 0) is 4.74 Å². The zero-order valence-electron chi connectivity index (χ0n) is 18.2. The molecule has 4 aromatic carbocycles. The molecule has 0 aliphatic rings. The first-order chi connectivity index (χ1) is 16.9. The Bertz CT molecular complexity index is 1330. The van der Waals surface area contributed by atoms with E-state index < -0.39 is 23.9 Å². The number of carboxylic acids is 2. The standard InChI is InChI=1S/C28H18O7/c29-25(30)21-15-7-13-19(17-9-3-1-4-10-17)23(21)27(33)35-28(34)24-20(18-11-5-2-6-12-18)14-8-16-22(24)26(31)32/h1-16H,(H,29,30)(H,31,32). The molecule has 2 N–H and O–H groups in total. The van der Waals surface area contributed by atoms with Crippen molar-refractivity contribution in [2.24, 2.45) is 0 Å². The summed E-state index contributed by atoms with van der Waals surface area (Å²) in [6.07, 6.45) is 0. The van der Waals surface area contributed by atoms with Gasteiger partial charge in [-0.15, -0.1) is 0 Å². The van der Waals surface area contributed by atoms with Gasteiger partial charge in [0.1, 0.15) is 0 Å². The zero-order valence-corrected chi connectivity index (χ0v) is 18.2. The van der Waals surface area contributed by atoms with E-state index in [4.69, 9.17) is 4.74 Å². The van der Waals surface area contributed by atoms with E-state index in [-0.39, 0.29) is 33.4 Å². The maximum atomic E-state index is 13.2. The van der Waals surface area contributed by atoms with Gasteiger partial charge < -0.3 is 14.9 Å². The molecule has 0 amide bonds. The molecule has 0 heterocycles. The molecule has 0 bridgehead atoms. The van der Waals surface area contributed by atoms with Crippen LogP contribution in [-0.4, -0.2) is 34.1 Å². The molecular formula is C28H18O7. The van der Waals surface area contributed by atoms with E-state index in [0.717, 1.165) is 0 Å². The summed E-state index contributed by atoms with van der Waals surface area (Å²) in [7, 11) is 0. The number of hydrogen-bond donors (Lipinski definition) is 2. The highest BCUT2D eigenvalue weighted by Gasteiger charge is 2.28. The Hall–Kier alpha value is -5.04. The minimum Gasteiger partial charge on any atom is -0.478 e. The van der Waals surface area contributed by atoms with Crippen molar-refractivity contribution in [3.8, 4) is 22.3 Å². The van der Waals surface area contributed by atoms with Crippen molar-refractivity contribution < 1.29 is 34.1 Å². The summed E-state index contributed by atoms with van der Waals surface area (Å²) in [6, 6.07) is 25.7. The number of benzene rings is 4. The van der Waals surface area contributed by atoms with Crippen LogP contribution in [0.1, 0.15) is 41.4 Å². The normalized spacial score (nSPS) is 10.4. The van der Waals surface area contributed by atoms with Crippen LogP contribution < -0.4 is 0 Å². The predicted molar refractivity (Wildman–Crippen MR) is 127 cm³/mol. The third kappa shape index (κ3) is 4.69. The number of carbonyl (C=O) groups is 4. The summed E-state index contributed by atoms with van der Waals surface area (Å²) < 4.78 is 5.12. The smallest absolute Gasteiger partial charge is 0.347 e. The Morgan fingerprint density at radius 1 is 0.486 bits per heavy atom. The molecule has 35 heavy (non-hydrogen) atoms. The van der Waals surface area contributed by atoms with Gasteiger partial charge in [0, 0.05) is 0 Å². The van der Waals surface area contributed by atoms with Crippen molar-refractivity contribution in [3.05, 3.63) is 119 Å². The highest BCUT2D eigenvalue weighted by molar-refractivity contribution is 6.15. The number of hydrogen-bond acceptors (Lipinski definition) is 5. The van der Waals surface area contributed by atoms with Crippen LogP contribution in [0.3, 0.4) is 0 Å². The van der Waals surface area contributed by atoms with Crippen LogP contribution >= 0.6 is 0 Å². The second kappa shape index (κ2) is 9.84. The number of ether oxygens (including phenoxy) is 1. The van der Waals surface area contributed by atoms with E-state index in [9.17, 15) is 29.4 Å². The van der Waals surface area contributed by atoms with E-state index in [2.05, 4.69) is 0 Å². The second-order valence-electron chi connectivity index (χ2n) is 7.48. The SMILES string of the molecule is O=C(O)c1cccc(-c2ccccc2)c1C(=O)OC(=O)c1c(C(=O)O)cccc1-c1ccccc1. The van der Waals surface area contributed by atoms with Crippen molar-refractivity contribution in [2.75, 3.05) is 0 Å². The van der Waals surface area contributed by atoms with Gasteiger partial charge in [-0.3, -0.25) is 0 Å². The van der Waals surface area contributed by atoms with Gasteiger partial charge in [-0.2, -0.15) is 0 Å². The molecule has 0 aliphatic heterocycles. The van der Waals surface area contributed by atoms with Crippen LogP contribution in [0.25, 0.3) is 22.3 Å². The van der Waals surface area contributed by atoms with Gasteiger partial charge in [-0.25, -0.2) is 19.2 Å². The Morgan fingerprint density at radius 3 is 1.20 bits per heavy atom. The third-order valence-corrected chi connectivity index (χ3v) is 5.35. The molecule has 0 saturated carbocycles. The summed E-state index contributed by atoms with van der Waals surface area (Å²) in [5.74, 6) is -5.16. The van der Waals surface area contributed by atoms with Crippen LogP contribution in [0.5, 0.6) is 0 Å². The van der Waals surface area contributed by atoms with Crippen LogP contribution in [0, 0.1) is 0 Å². The predicted octanol–water partition coefficient (Wildman–Crippen LogP) is 5.41. The number of carboxylic acid groups (broad SMARTS) is 2. The van der Waals surface area contributed by atoms with E-state index in [1.54, 1.807) is 72.8 Å². The van der Waals surface area contributed by atoms with Crippen LogP contribution in [0.15, 0.2) is 97.1 Å². The summed E-state index contributed by atoms with van der Waals surface area (Å²) >= 11 is 0. The minimum atomic E-state index is -1.38. The van der Waals surface area contributed by atoms with Crippen molar-refractivity contribution in [1.82, 2.24) is 0 Å². The van der Waals surface area contributed by atoms with E-state index in [0.29, 0.717) is 11.1 Å². The first-order valence-corrected chi connectivity index (χ1v) is 10.5. The largest absolute Gasteiger partial charge is 0.478 e. The first-order valence-electron chi connectivity index (χ1n) is 10.5. The summed E-state index contributed by atoms with van der Waals surface area (Å²) in [6.45, 7) is 0. The highest BCUT2D eigenvalue weighted by atomic mass is 16.6. The number of rotatable bonds is 6. The van der Waals surface area contributed by atoms with E-state index >= 15 is 0 Å². The van der Waals surface area contributed by atoms with Gasteiger partial charge >= 0.3 is 23.9 Å². The molecule has 0 atom stereocenters. The van der Waals surface area contributed by atoms with Crippen molar-refractivity contribution in [3.63, 3.8) is 0 Å². The molecule has 7 nitrogen and oxygen atoms in total. The molecule has 0 unspecified atom stereocenters. The molecule has 7 heteroatoms. The molecule has 4 aromatic rings. The first kappa shape index (κ1) is 23.1. The molecule has 4 rings (SSSR count). The van der Waals surface area contributed by atoms with Crippen molar-refractivity contribution >= 4 is 23.9 Å². The van der Waals surface area contributed by atoms with Gasteiger partial charge in [0.05, 0.1) is 22.3 Å². The van der Waals surface area contributed by atoms with Crippen LogP contribution in [0.4, 0.5) is 0 Å². The summed E-state index contributed by atoms with van der Waals surface area (Å²) in [5, 5.41) is 19.4. The maximum Gasteiger partial charge on any atom is 0.347 e. The van der Waals surface area contributed by atoms with Gasteiger partial charge in [-0.05, 0) is 34.4 Å². The minimum absolute atomic E-state index is 0.262. The number of carbonyl (C=O) groups excluding carboxylic acids is 2. The lowest BCUT2D eigenvalue weighted by Crippen LogP contribution is -2.20. The van der Waals surface area contributed by atoms with Gasteiger partial charge in [0.15, 0.2) is 0 Å². The maximum absolute atomic E-state index is 13.2. The summed E-state index contributed by atoms with van der Waals surface area (Å²) in [4.78, 5) is 50.2. The monoisotopic (exact) mass is 466 g/mol. The van der Waals surface area contributed by atoms with Crippen molar-refractivity contribution in [2.45, 2.75) is 0 Å². The fraction of sp³-hybridized carbons (Fsp3) is 0. The molecular weight excluding hydrogens is 448 g/mol.